The minimum absolute atomic E-state index is 0.199. The zero-order chi connectivity index (χ0) is 19.0. The van der Waals surface area contributed by atoms with E-state index in [9.17, 15) is 8.42 Å². The number of hydrogen-bond donors (Lipinski definition) is 1. The Bertz CT molecular complexity index is 1090. The van der Waals surface area contributed by atoms with Crippen molar-refractivity contribution >= 4 is 10.0 Å². The molecule has 4 rings (SSSR count). The molecule has 3 aromatic rings. The summed E-state index contributed by atoms with van der Waals surface area (Å²) >= 11 is 0. The van der Waals surface area contributed by atoms with Crippen molar-refractivity contribution in [3.05, 3.63) is 70.9 Å². The molecule has 140 valence electrons. The van der Waals surface area contributed by atoms with Gasteiger partial charge in [-0.2, -0.15) is 0 Å². The summed E-state index contributed by atoms with van der Waals surface area (Å²) < 4.78 is 34.5. The van der Waals surface area contributed by atoms with Crippen LogP contribution < -0.4 is 4.72 Å². The predicted octanol–water partition coefficient (Wildman–Crippen LogP) is 4.31. The number of fused-ring (bicyclic) bond motifs is 1. The Morgan fingerprint density at radius 2 is 1.93 bits per heavy atom. The number of aromatic nitrogens is 1. The van der Waals surface area contributed by atoms with E-state index in [1.807, 2.05) is 31.2 Å². The molecule has 2 aromatic carbocycles. The second-order valence-electron chi connectivity index (χ2n) is 7.08. The van der Waals surface area contributed by atoms with Crippen LogP contribution in [0.2, 0.25) is 0 Å². The molecule has 1 unspecified atom stereocenters. The van der Waals surface area contributed by atoms with Crippen molar-refractivity contribution < 1.29 is 12.9 Å². The van der Waals surface area contributed by atoms with Crippen LogP contribution in [-0.4, -0.2) is 13.6 Å². The van der Waals surface area contributed by atoms with E-state index >= 15 is 0 Å². The van der Waals surface area contributed by atoms with Crippen molar-refractivity contribution in [2.45, 2.75) is 44.0 Å². The molecule has 6 heteroatoms. The second kappa shape index (κ2) is 6.94. The normalized spacial score (nSPS) is 16.9. The molecular formula is C21H22N2O3S. The van der Waals surface area contributed by atoms with Gasteiger partial charge in [-0.05, 0) is 55.9 Å². The van der Waals surface area contributed by atoms with Gasteiger partial charge in [0.1, 0.15) is 0 Å². The van der Waals surface area contributed by atoms with E-state index in [2.05, 4.69) is 15.9 Å². The molecule has 0 bridgehead atoms. The molecule has 1 aliphatic carbocycles. The molecule has 5 nitrogen and oxygen atoms in total. The molecule has 0 saturated heterocycles. The SMILES string of the molecule is Cc1cc(-c2ccc(C)c(S(=O)(=O)NC3CCCc4ccccc43)c2)on1. The Balaban J connectivity index is 1.69. The van der Waals surface area contributed by atoms with Gasteiger partial charge in [0.15, 0.2) is 5.76 Å². The molecule has 1 heterocycles. The Morgan fingerprint density at radius 1 is 1.11 bits per heavy atom. The van der Waals surface area contributed by atoms with Crippen molar-refractivity contribution in [1.82, 2.24) is 9.88 Å². The van der Waals surface area contributed by atoms with Crippen LogP contribution in [0.5, 0.6) is 0 Å². The molecular weight excluding hydrogens is 360 g/mol. The topological polar surface area (TPSA) is 72.2 Å². The van der Waals surface area contributed by atoms with E-state index in [0.717, 1.165) is 30.5 Å². The second-order valence-corrected chi connectivity index (χ2v) is 8.76. The first kappa shape index (κ1) is 17.9. The van der Waals surface area contributed by atoms with Gasteiger partial charge in [-0.1, -0.05) is 41.6 Å². The van der Waals surface area contributed by atoms with E-state index < -0.39 is 10.0 Å². The molecule has 0 fully saturated rings. The fourth-order valence-corrected chi connectivity index (χ4v) is 5.19. The summed E-state index contributed by atoms with van der Waals surface area (Å²) in [5.41, 5.74) is 4.45. The third kappa shape index (κ3) is 3.55. The van der Waals surface area contributed by atoms with E-state index in [1.165, 1.54) is 5.56 Å². The van der Waals surface area contributed by atoms with Crippen molar-refractivity contribution in [1.29, 1.82) is 0 Å². The lowest BCUT2D eigenvalue weighted by atomic mass is 9.88. The van der Waals surface area contributed by atoms with Gasteiger partial charge in [-0.15, -0.1) is 0 Å². The van der Waals surface area contributed by atoms with Crippen LogP contribution in [0.3, 0.4) is 0 Å². The summed E-state index contributed by atoms with van der Waals surface area (Å²) in [5.74, 6) is 0.562. The van der Waals surface area contributed by atoms with E-state index in [4.69, 9.17) is 4.52 Å². The number of aryl methyl sites for hydroxylation is 3. The number of hydrogen-bond acceptors (Lipinski definition) is 4. The summed E-state index contributed by atoms with van der Waals surface area (Å²) in [6.07, 6.45) is 2.77. The predicted molar refractivity (Wildman–Crippen MR) is 104 cm³/mol. The average molecular weight is 382 g/mol. The number of sulfonamides is 1. The Hall–Kier alpha value is -2.44. The van der Waals surface area contributed by atoms with Gasteiger partial charge < -0.3 is 4.52 Å². The monoisotopic (exact) mass is 382 g/mol. The quantitative estimate of drug-likeness (QED) is 0.730. The van der Waals surface area contributed by atoms with Crippen LogP contribution in [0, 0.1) is 13.8 Å². The average Bonchev–Trinajstić information content (AvgIpc) is 3.08. The summed E-state index contributed by atoms with van der Waals surface area (Å²) in [6, 6.07) is 15.0. The molecule has 0 aliphatic heterocycles. The van der Waals surface area contributed by atoms with Gasteiger partial charge in [0.25, 0.3) is 0 Å². The van der Waals surface area contributed by atoms with Gasteiger partial charge in [-0.25, -0.2) is 13.1 Å². The summed E-state index contributed by atoms with van der Waals surface area (Å²) in [7, 11) is -3.67. The molecule has 0 amide bonds. The maximum absolute atomic E-state index is 13.2. The highest BCUT2D eigenvalue weighted by Crippen LogP contribution is 2.32. The zero-order valence-corrected chi connectivity index (χ0v) is 16.2. The fourth-order valence-electron chi connectivity index (χ4n) is 3.67. The number of nitrogens with zero attached hydrogens (tertiary/aromatic N) is 1. The van der Waals surface area contributed by atoms with E-state index in [0.29, 0.717) is 16.9 Å². The standard InChI is InChI=1S/C21H22N2O3S/c1-14-10-11-17(20-12-15(2)22-26-20)13-21(14)27(24,25)23-19-9-5-7-16-6-3-4-8-18(16)19/h3-4,6,8,10-13,19,23H,5,7,9H2,1-2H3. The fraction of sp³-hybridized carbons (Fsp3) is 0.286. The van der Waals surface area contributed by atoms with Crippen LogP contribution in [0.15, 0.2) is 57.9 Å². The highest BCUT2D eigenvalue weighted by molar-refractivity contribution is 7.89. The molecule has 0 radical (unpaired) electrons. The number of rotatable bonds is 4. The largest absolute Gasteiger partial charge is 0.356 e. The molecule has 1 N–H and O–H groups in total. The first-order chi connectivity index (χ1) is 12.9. The maximum Gasteiger partial charge on any atom is 0.241 e. The van der Waals surface area contributed by atoms with Gasteiger partial charge in [0.05, 0.1) is 10.6 Å². The molecule has 0 spiro atoms. The van der Waals surface area contributed by atoms with Gasteiger partial charge in [-0.3, -0.25) is 0 Å². The van der Waals surface area contributed by atoms with Gasteiger partial charge in [0, 0.05) is 17.7 Å². The lowest BCUT2D eigenvalue weighted by molar-refractivity contribution is 0.427. The molecule has 1 aromatic heterocycles. The first-order valence-corrected chi connectivity index (χ1v) is 10.6. The van der Waals surface area contributed by atoms with Gasteiger partial charge >= 0.3 is 0 Å². The summed E-state index contributed by atoms with van der Waals surface area (Å²) in [5, 5.41) is 3.89. The highest BCUT2D eigenvalue weighted by atomic mass is 32.2. The zero-order valence-electron chi connectivity index (χ0n) is 15.4. The lowest BCUT2D eigenvalue weighted by Crippen LogP contribution is -2.31. The van der Waals surface area contributed by atoms with Gasteiger partial charge in [0.2, 0.25) is 10.0 Å². The van der Waals surface area contributed by atoms with E-state index in [1.54, 1.807) is 25.1 Å². The van der Waals surface area contributed by atoms with Crippen LogP contribution in [0.25, 0.3) is 11.3 Å². The minimum atomic E-state index is -3.67. The minimum Gasteiger partial charge on any atom is -0.356 e. The van der Waals surface area contributed by atoms with Crippen molar-refractivity contribution in [3.63, 3.8) is 0 Å². The first-order valence-electron chi connectivity index (χ1n) is 9.08. The van der Waals surface area contributed by atoms with Crippen LogP contribution in [-0.2, 0) is 16.4 Å². The molecule has 1 aliphatic rings. The Morgan fingerprint density at radius 3 is 2.70 bits per heavy atom. The van der Waals surface area contributed by atoms with Crippen molar-refractivity contribution in [3.8, 4) is 11.3 Å². The van der Waals surface area contributed by atoms with Crippen LogP contribution >= 0.6 is 0 Å². The number of nitrogens with one attached hydrogen (secondary N) is 1. The highest BCUT2D eigenvalue weighted by Gasteiger charge is 2.27. The van der Waals surface area contributed by atoms with Crippen LogP contribution in [0.1, 0.15) is 41.3 Å². The third-order valence-electron chi connectivity index (χ3n) is 5.06. The summed E-state index contributed by atoms with van der Waals surface area (Å²) in [4.78, 5) is 0.275. The lowest BCUT2D eigenvalue weighted by Gasteiger charge is -2.26. The van der Waals surface area contributed by atoms with Crippen LogP contribution in [0.4, 0.5) is 0 Å². The summed E-state index contributed by atoms with van der Waals surface area (Å²) in [6.45, 7) is 3.64. The molecule has 27 heavy (non-hydrogen) atoms. The van der Waals surface area contributed by atoms with Crippen molar-refractivity contribution in [2.75, 3.05) is 0 Å². The smallest absolute Gasteiger partial charge is 0.241 e. The maximum atomic E-state index is 13.2. The Kier molecular flexibility index (Phi) is 4.61. The van der Waals surface area contributed by atoms with Crippen molar-refractivity contribution in [2.24, 2.45) is 0 Å². The van der Waals surface area contributed by atoms with E-state index in [-0.39, 0.29) is 10.9 Å². The number of benzene rings is 2. The molecule has 0 saturated carbocycles. The third-order valence-corrected chi connectivity index (χ3v) is 6.67. The Labute approximate surface area is 159 Å². The molecule has 1 atom stereocenters.